The highest BCUT2D eigenvalue weighted by atomic mass is 35.5. The average Bonchev–Trinajstić information content (AvgIpc) is 2.25. The molecule has 1 aliphatic rings. The van der Waals surface area contributed by atoms with Crippen LogP contribution in [0.3, 0.4) is 0 Å². The number of rotatable bonds is 1. The fourth-order valence-corrected chi connectivity index (χ4v) is 1.78. The second-order valence-corrected chi connectivity index (χ2v) is 5.00. The first-order chi connectivity index (χ1) is 7.92. The second kappa shape index (κ2) is 4.04. The van der Waals surface area contributed by atoms with Gasteiger partial charge in [-0.1, -0.05) is 17.7 Å². The van der Waals surface area contributed by atoms with E-state index in [1.807, 2.05) is 0 Å². The minimum absolute atomic E-state index is 0.0989. The third-order valence-corrected chi connectivity index (χ3v) is 2.82. The number of benzene rings is 1. The van der Waals surface area contributed by atoms with Gasteiger partial charge in [-0.25, -0.2) is 9.69 Å². The van der Waals surface area contributed by atoms with Crippen molar-refractivity contribution in [3.05, 3.63) is 29.3 Å². The fraction of sp³-hybridized carbons (Fsp3) is 0.333. The Labute approximate surface area is 104 Å². The Balaban J connectivity index is 2.42. The Morgan fingerprint density at radius 2 is 2.06 bits per heavy atom. The van der Waals surface area contributed by atoms with Crippen LogP contribution in [0.1, 0.15) is 13.8 Å². The summed E-state index contributed by atoms with van der Waals surface area (Å²) in [6.45, 7) is 3.57. The number of amides is 2. The van der Waals surface area contributed by atoms with Gasteiger partial charge in [0.1, 0.15) is 6.61 Å². The van der Waals surface area contributed by atoms with Crippen molar-refractivity contribution in [2.75, 3.05) is 11.5 Å². The summed E-state index contributed by atoms with van der Waals surface area (Å²) in [5, 5.41) is 0.464. The molecule has 17 heavy (non-hydrogen) atoms. The summed E-state index contributed by atoms with van der Waals surface area (Å²) in [6.07, 6.45) is -0.656. The van der Waals surface area contributed by atoms with Crippen molar-refractivity contribution < 1.29 is 14.3 Å². The molecular weight excluding hydrogens is 242 g/mol. The summed E-state index contributed by atoms with van der Waals surface area (Å²) in [5.74, 6) is -0.281. The fourth-order valence-electron chi connectivity index (χ4n) is 1.59. The van der Waals surface area contributed by atoms with Gasteiger partial charge in [-0.15, -0.1) is 0 Å². The monoisotopic (exact) mass is 253 g/mol. The van der Waals surface area contributed by atoms with E-state index in [-0.39, 0.29) is 12.5 Å². The van der Waals surface area contributed by atoms with Crippen molar-refractivity contribution in [3.8, 4) is 0 Å². The smallest absolute Gasteiger partial charge is 0.421 e. The minimum Gasteiger partial charge on any atom is -0.448 e. The van der Waals surface area contributed by atoms with Crippen molar-refractivity contribution in [1.82, 2.24) is 0 Å². The zero-order valence-corrected chi connectivity index (χ0v) is 10.3. The number of carbonyl (C=O) groups is 2. The van der Waals surface area contributed by atoms with Crippen LogP contribution in [-0.4, -0.2) is 18.6 Å². The molecule has 0 atom stereocenters. The lowest BCUT2D eigenvalue weighted by Crippen LogP contribution is -2.52. The van der Waals surface area contributed by atoms with E-state index in [4.69, 9.17) is 16.3 Å². The van der Waals surface area contributed by atoms with Gasteiger partial charge in [-0.05, 0) is 32.0 Å². The van der Waals surface area contributed by atoms with Gasteiger partial charge in [-0.3, -0.25) is 4.79 Å². The van der Waals surface area contributed by atoms with Crippen LogP contribution in [0.2, 0.25) is 5.02 Å². The third-order valence-electron chi connectivity index (χ3n) is 2.59. The van der Waals surface area contributed by atoms with Crippen LogP contribution in [-0.2, 0) is 9.53 Å². The van der Waals surface area contributed by atoms with E-state index in [1.54, 1.807) is 38.1 Å². The highest BCUT2D eigenvalue weighted by Crippen LogP contribution is 2.30. The van der Waals surface area contributed by atoms with Gasteiger partial charge in [0.25, 0.3) is 0 Å². The molecule has 2 rings (SSSR count). The standard InChI is InChI=1S/C12H12ClNO3/c1-12(2)7-17-11(16)14(10(12)15)9-5-3-4-8(13)6-9/h3-6H,7H2,1-2H3. The highest BCUT2D eigenvalue weighted by molar-refractivity contribution is 6.31. The van der Waals surface area contributed by atoms with Gasteiger partial charge in [0.05, 0.1) is 11.1 Å². The van der Waals surface area contributed by atoms with Crippen molar-refractivity contribution in [2.45, 2.75) is 13.8 Å². The summed E-state index contributed by atoms with van der Waals surface area (Å²) in [6, 6.07) is 6.56. The van der Waals surface area contributed by atoms with Crippen LogP contribution in [0.5, 0.6) is 0 Å². The molecule has 5 heteroatoms. The predicted octanol–water partition coefficient (Wildman–Crippen LogP) is 2.85. The number of hydrogen-bond acceptors (Lipinski definition) is 3. The van der Waals surface area contributed by atoms with Gasteiger partial charge in [0, 0.05) is 5.02 Å². The SMILES string of the molecule is CC1(C)COC(=O)N(c2cccc(Cl)c2)C1=O. The topological polar surface area (TPSA) is 46.6 Å². The molecule has 1 aromatic rings. The molecule has 1 heterocycles. The summed E-state index contributed by atoms with van der Waals surface area (Å²) in [7, 11) is 0. The largest absolute Gasteiger partial charge is 0.448 e. The number of cyclic esters (lactones) is 1. The van der Waals surface area contributed by atoms with Gasteiger partial charge >= 0.3 is 6.09 Å². The molecule has 4 nitrogen and oxygen atoms in total. The van der Waals surface area contributed by atoms with E-state index in [0.717, 1.165) is 4.90 Å². The van der Waals surface area contributed by atoms with Crippen molar-refractivity contribution in [3.63, 3.8) is 0 Å². The van der Waals surface area contributed by atoms with Crippen LogP contribution in [0.15, 0.2) is 24.3 Å². The van der Waals surface area contributed by atoms with Crippen molar-refractivity contribution >= 4 is 29.3 Å². The van der Waals surface area contributed by atoms with Crippen molar-refractivity contribution in [1.29, 1.82) is 0 Å². The Morgan fingerprint density at radius 1 is 1.35 bits per heavy atom. The summed E-state index contributed by atoms with van der Waals surface area (Å²) in [5.41, 5.74) is -0.281. The van der Waals surface area contributed by atoms with Gasteiger partial charge < -0.3 is 4.74 Å². The molecule has 1 fully saturated rings. The van der Waals surface area contributed by atoms with Crippen LogP contribution < -0.4 is 4.90 Å². The molecule has 0 spiro atoms. The predicted molar refractivity (Wildman–Crippen MR) is 64.1 cm³/mol. The molecule has 1 aromatic carbocycles. The quantitative estimate of drug-likeness (QED) is 0.773. The van der Waals surface area contributed by atoms with Crippen molar-refractivity contribution in [2.24, 2.45) is 5.41 Å². The molecule has 2 amide bonds. The zero-order chi connectivity index (χ0) is 12.6. The maximum Gasteiger partial charge on any atom is 0.421 e. The second-order valence-electron chi connectivity index (χ2n) is 4.56. The average molecular weight is 254 g/mol. The molecule has 90 valence electrons. The molecular formula is C12H12ClNO3. The molecule has 0 saturated carbocycles. The number of carbonyl (C=O) groups excluding carboxylic acids is 2. The van der Waals surface area contributed by atoms with Gasteiger partial charge in [-0.2, -0.15) is 0 Å². The number of hydrogen-bond donors (Lipinski definition) is 0. The van der Waals surface area contributed by atoms with E-state index in [0.29, 0.717) is 10.7 Å². The molecule has 1 aliphatic heterocycles. The summed E-state index contributed by atoms with van der Waals surface area (Å²) in [4.78, 5) is 24.8. The van der Waals surface area contributed by atoms with Crippen LogP contribution in [0.25, 0.3) is 0 Å². The van der Waals surface area contributed by atoms with Crippen LogP contribution in [0, 0.1) is 5.41 Å². The lowest BCUT2D eigenvalue weighted by Gasteiger charge is -2.34. The van der Waals surface area contributed by atoms with Gasteiger partial charge in [0.15, 0.2) is 0 Å². The Morgan fingerprint density at radius 3 is 2.71 bits per heavy atom. The zero-order valence-electron chi connectivity index (χ0n) is 9.57. The molecule has 1 saturated heterocycles. The minimum atomic E-state index is -0.712. The summed E-state index contributed by atoms with van der Waals surface area (Å²) >= 11 is 5.84. The molecule has 0 unspecified atom stereocenters. The maximum absolute atomic E-state index is 12.2. The molecule has 0 aromatic heterocycles. The molecule has 0 aliphatic carbocycles. The third kappa shape index (κ3) is 2.13. The lowest BCUT2D eigenvalue weighted by molar-refractivity contribution is -0.130. The van der Waals surface area contributed by atoms with E-state index in [1.165, 1.54) is 0 Å². The Kier molecular flexibility index (Phi) is 2.83. The van der Waals surface area contributed by atoms with Crippen LogP contribution >= 0.6 is 11.6 Å². The van der Waals surface area contributed by atoms with Crippen LogP contribution in [0.4, 0.5) is 10.5 Å². The Bertz CT molecular complexity index is 484. The molecule has 0 bridgehead atoms. The summed E-state index contributed by atoms with van der Waals surface area (Å²) < 4.78 is 4.99. The molecule has 0 N–H and O–H groups in total. The lowest BCUT2D eigenvalue weighted by atomic mass is 9.91. The normalized spacial score (nSPS) is 19.1. The first-order valence-corrected chi connectivity index (χ1v) is 5.56. The number of ether oxygens (including phenoxy) is 1. The molecule has 0 radical (unpaired) electrons. The number of imide groups is 1. The Hall–Kier alpha value is -1.55. The van der Waals surface area contributed by atoms with E-state index in [2.05, 4.69) is 0 Å². The first kappa shape index (κ1) is 11.9. The van der Waals surface area contributed by atoms with Gasteiger partial charge in [0.2, 0.25) is 5.91 Å². The first-order valence-electron chi connectivity index (χ1n) is 5.19. The van der Waals surface area contributed by atoms with E-state index >= 15 is 0 Å². The number of anilines is 1. The number of nitrogens with zero attached hydrogens (tertiary/aromatic N) is 1. The maximum atomic E-state index is 12.2. The number of halogens is 1. The van der Waals surface area contributed by atoms with E-state index in [9.17, 15) is 9.59 Å². The highest BCUT2D eigenvalue weighted by Gasteiger charge is 2.42. The van der Waals surface area contributed by atoms with E-state index < -0.39 is 11.5 Å².